The summed E-state index contributed by atoms with van der Waals surface area (Å²) in [4.78, 5) is 0. The van der Waals surface area contributed by atoms with Gasteiger partial charge in [-0.05, 0) is 12.8 Å². The third-order valence-electron chi connectivity index (χ3n) is 3.17. The number of nitrogens with zero attached hydrogens (tertiary/aromatic N) is 1. The van der Waals surface area contributed by atoms with Gasteiger partial charge < -0.3 is 4.52 Å². The molecule has 0 saturated heterocycles. The highest BCUT2D eigenvalue weighted by atomic mass is 16.5. The van der Waals surface area contributed by atoms with Crippen molar-refractivity contribution in [3.05, 3.63) is 17.5 Å². The lowest BCUT2D eigenvalue weighted by molar-refractivity contribution is 0.248. The summed E-state index contributed by atoms with van der Waals surface area (Å²) in [6.45, 7) is 6.54. The summed E-state index contributed by atoms with van der Waals surface area (Å²) in [5.74, 6) is 1.47. The van der Waals surface area contributed by atoms with Gasteiger partial charge in [0.25, 0.3) is 0 Å². The first-order valence-electron chi connectivity index (χ1n) is 5.09. The number of hydrogen-bond acceptors (Lipinski definition) is 2. The topological polar surface area (TPSA) is 26.0 Å². The van der Waals surface area contributed by atoms with Crippen molar-refractivity contribution in [2.45, 2.75) is 51.4 Å². The first-order valence-corrected chi connectivity index (χ1v) is 5.09. The molecular formula is C11H17NO. The van der Waals surface area contributed by atoms with Crippen LogP contribution < -0.4 is 0 Å². The molecule has 1 aliphatic rings. The van der Waals surface area contributed by atoms with Gasteiger partial charge in [0.05, 0.1) is 5.69 Å². The van der Waals surface area contributed by atoms with E-state index in [1.807, 2.05) is 0 Å². The predicted molar refractivity (Wildman–Crippen MR) is 51.8 cm³/mol. The molecular weight excluding hydrogens is 162 g/mol. The molecule has 0 unspecified atom stereocenters. The molecule has 0 bridgehead atoms. The van der Waals surface area contributed by atoms with Crippen LogP contribution in [0.25, 0.3) is 0 Å². The largest absolute Gasteiger partial charge is 0.361 e. The van der Waals surface area contributed by atoms with E-state index < -0.39 is 0 Å². The van der Waals surface area contributed by atoms with Gasteiger partial charge in [-0.25, -0.2) is 0 Å². The molecule has 1 fully saturated rings. The fourth-order valence-electron chi connectivity index (χ4n) is 1.81. The van der Waals surface area contributed by atoms with Crippen LogP contribution in [0.1, 0.15) is 57.4 Å². The standard InChI is InChI=1S/C11H17NO/c1-8(2)9-7-10(12-13-9)11(3)5-4-6-11/h7-8H,4-6H2,1-3H3. The molecule has 1 aliphatic carbocycles. The zero-order valence-corrected chi connectivity index (χ0v) is 8.63. The molecule has 1 saturated carbocycles. The molecule has 72 valence electrons. The van der Waals surface area contributed by atoms with Crippen molar-refractivity contribution in [3.8, 4) is 0 Å². The Morgan fingerprint density at radius 1 is 1.46 bits per heavy atom. The van der Waals surface area contributed by atoms with Crippen LogP contribution in [0.15, 0.2) is 10.6 Å². The van der Waals surface area contributed by atoms with E-state index in [2.05, 4.69) is 32.0 Å². The lowest BCUT2D eigenvalue weighted by Crippen LogP contribution is -2.30. The second-order valence-electron chi connectivity index (χ2n) is 4.68. The molecule has 13 heavy (non-hydrogen) atoms. The van der Waals surface area contributed by atoms with E-state index in [4.69, 9.17) is 4.52 Å². The molecule has 1 aromatic heterocycles. The monoisotopic (exact) mass is 179 g/mol. The first-order chi connectivity index (χ1) is 6.12. The summed E-state index contributed by atoms with van der Waals surface area (Å²) >= 11 is 0. The summed E-state index contributed by atoms with van der Waals surface area (Å²) < 4.78 is 5.30. The second-order valence-corrected chi connectivity index (χ2v) is 4.68. The third kappa shape index (κ3) is 1.38. The number of aromatic nitrogens is 1. The minimum atomic E-state index is 0.316. The Bertz CT molecular complexity index is 297. The summed E-state index contributed by atoms with van der Waals surface area (Å²) in [5.41, 5.74) is 1.47. The van der Waals surface area contributed by atoms with Crippen molar-refractivity contribution in [2.75, 3.05) is 0 Å². The SMILES string of the molecule is CC(C)c1cc(C2(C)CCC2)no1. The smallest absolute Gasteiger partial charge is 0.139 e. The van der Waals surface area contributed by atoms with E-state index in [0.29, 0.717) is 11.3 Å². The molecule has 2 heteroatoms. The second kappa shape index (κ2) is 2.86. The molecule has 0 atom stereocenters. The van der Waals surface area contributed by atoms with Crippen molar-refractivity contribution in [3.63, 3.8) is 0 Å². The Hall–Kier alpha value is -0.790. The summed E-state index contributed by atoms with van der Waals surface area (Å²) in [6, 6.07) is 2.13. The van der Waals surface area contributed by atoms with E-state index in [1.54, 1.807) is 0 Å². The average molecular weight is 179 g/mol. The highest BCUT2D eigenvalue weighted by Gasteiger charge is 2.36. The average Bonchev–Trinajstić information content (AvgIpc) is 2.48. The predicted octanol–water partition coefficient (Wildman–Crippen LogP) is 3.24. The lowest BCUT2D eigenvalue weighted by atomic mass is 9.68. The van der Waals surface area contributed by atoms with Gasteiger partial charge in [0, 0.05) is 17.4 Å². The van der Waals surface area contributed by atoms with Crippen LogP contribution in [-0.2, 0) is 5.41 Å². The van der Waals surface area contributed by atoms with Crippen LogP contribution >= 0.6 is 0 Å². The van der Waals surface area contributed by atoms with Crippen LogP contribution in [0.3, 0.4) is 0 Å². The van der Waals surface area contributed by atoms with E-state index in [-0.39, 0.29) is 0 Å². The van der Waals surface area contributed by atoms with Crippen LogP contribution in [0.5, 0.6) is 0 Å². The van der Waals surface area contributed by atoms with Gasteiger partial charge in [-0.2, -0.15) is 0 Å². The van der Waals surface area contributed by atoms with Crippen molar-refractivity contribution in [2.24, 2.45) is 0 Å². The minimum Gasteiger partial charge on any atom is -0.361 e. The lowest BCUT2D eigenvalue weighted by Gasteiger charge is -2.36. The molecule has 2 rings (SSSR count). The van der Waals surface area contributed by atoms with Crippen LogP contribution in [0, 0.1) is 0 Å². The maximum absolute atomic E-state index is 5.30. The number of hydrogen-bond donors (Lipinski definition) is 0. The summed E-state index contributed by atoms with van der Waals surface area (Å²) in [6.07, 6.45) is 3.86. The van der Waals surface area contributed by atoms with Crippen molar-refractivity contribution >= 4 is 0 Å². The maximum Gasteiger partial charge on any atom is 0.139 e. The van der Waals surface area contributed by atoms with Crippen LogP contribution in [0.2, 0.25) is 0 Å². The van der Waals surface area contributed by atoms with Crippen molar-refractivity contribution in [1.82, 2.24) is 5.16 Å². The Labute approximate surface area is 79.3 Å². The van der Waals surface area contributed by atoms with Gasteiger partial charge in [0.15, 0.2) is 0 Å². The zero-order chi connectivity index (χ0) is 9.47. The van der Waals surface area contributed by atoms with Crippen LogP contribution in [0.4, 0.5) is 0 Å². The molecule has 0 amide bonds. The van der Waals surface area contributed by atoms with E-state index in [0.717, 1.165) is 11.5 Å². The molecule has 0 spiro atoms. The van der Waals surface area contributed by atoms with Gasteiger partial charge in [-0.3, -0.25) is 0 Å². The fourth-order valence-corrected chi connectivity index (χ4v) is 1.81. The van der Waals surface area contributed by atoms with E-state index in [1.165, 1.54) is 19.3 Å². The highest BCUT2D eigenvalue weighted by molar-refractivity contribution is 5.20. The summed E-state index contributed by atoms with van der Waals surface area (Å²) in [5, 5.41) is 4.16. The molecule has 0 N–H and O–H groups in total. The summed E-state index contributed by atoms with van der Waals surface area (Å²) in [7, 11) is 0. The fraction of sp³-hybridized carbons (Fsp3) is 0.727. The van der Waals surface area contributed by atoms with Crippen molar-refractivity contribution in [1.29, 1.82) is 0 Å². The normalized spacial score (nSPS) is 20.3. The molecule has 0 aromatic carbocycles. The minimum absolute atomic E-state index is 0.316. The Balaban J connectivity index is 2.22. The zero-order valence-electron chi connectivity index (χ0n) is 8.63. The molecule has 0 radical (unpaired) electrons. The molecule has 1 heterocycles. The van der Waals surface area contributed by atoms with Gasteiger partial charge in [0.1, 0.15) is 5.76 Å². The number of rotatable bonds is 2. The maximum atomic E-state index is 5.30. The molecule has 0 aliphatic heterocycles. The van der Waals surface area contributed by atoms with Gasteiger partial charge in [-0.15, -0.1) is 0 Å². The molecule has 1 aromatic rings. The Morgan fingerprint density at radius 3 is 2.54 bits per heavy atom. The van der Waals surface area contributed by atoms with Crippen LogP contribution in [-0.4, -0.2) is 5.16 Å². The third-order valence-corrected chi connectivity index (χ3v) is 3.17. The van der Waals surface area contributed by atoms with E-state index in [9.17, 15) is 0 Å². The van der Waals surface area contributed by atoms with Gasteiger partial charge >= 0.3 is 0 Å². The first kappa shape index (κ1) is 8.79. The molecule has 2 nitrogen and oxygen atoms in total. The quantitative estimate of drug-likeness (QED) is 0.696. The van der Waals surface area contributed by atoms with E-state index >= 15 is 0 Å². The van der Waals surface area contributed by atoms with Gasteiger partial charge in [0.2, 0.25) is 0 Å². The highest BCUT2D eigenvalue weighted by Crippen LogP contribution is 2.42. The Morgan fingerprint density at radius 2 is 2.15 bits per heavy atom. The van der Waals surface area contributed by atoms with Crippen molar-refractivity contribution < 1.29 is 4.52 Å². The van der Waals surface area contributed by atoms with Gasteiger partial charge in [-0.1, -0.05) is 32.3 Å². The Kier molecular flexibility index (Phi) is 1.94.